The van der Waals surface area contributed by atoms with E-state index in [1.165, 1.54) is 49.1 Å². The Morgan fingerprint density at radius 1 is 0.905 bits per heavy atom. The second kappa shape index (κ2) is 13.9. The van der Waals surface area contributed by atoms with E-state index >= 15 is 0 Å². The van der Waals surface area contributed by atoms with E-state index in [4.69, 9.17) is 9.84 Å². The van der Waals surface area contributed by atoms with Gasteiger partial charge in [0, 0.05) is 17.8 Å². The van der Waals surface area contributed by atoms with Gasteiger partial charge in [-0.3, -0.25) is 9.59 Å². The van der Waals surface area contributed by atoms with Crippen LogP contribution in [-0.2, 0) is 9.59 Å². The second-order valence-electron chi connectivity index (χ2n) is 10.00. The molecule has 0 saturated heterocycles. The number of alkyl halides is 3. The number of carbonyl (C=O) groups excluding carboxylic acids is 2. The van der Waals surface area contributed by atoms with E-state index in [2.05, 4.69) is 15.4 Å². The first kappa shape index (κ1) is 30.4. The number of esters is 1. The van der Waals surface area contributed by atoms with Crippen molar-refractivity contribution < 1.29 is 42.1 Å². The lowest BCUT2D eigenvalue weighted by Gasteiger charge is -2.22. The van der Waals surface area contributed by atoms with Crippen molar-refractivity contribution in [2.75, 3.05) is 11.9 Å². The second-order valence-corrected chi connectivity index (χ2v) is 10.00. The van der Waals surface area contributed by atoms with E-state index < -0.39 is 36.0 Å². The van der Waals surface area contributed by atoms with Gasteiger partial charge in [0.05, 0.1) is 6.42 Å². The maximum absolute atomic E-state index is 13.4. The smallest absolute Gasteiger partial charge is 0.481 e. The normalized spacial score (nSPS) is 14.5. The Labute approximate surface area is 240 Å². The Hall–Kier alpha value is -4.54. The van der Waals surface area contributed by atoms with Crippen molar-refractivity contribution in [3.63, 3.8) is 0 Å². The van der Waals surface area contributed by atoms with Crippen LogP contribution in [0.2, 0.25) is 0 Å². The molecule has 0 spiro atoms. The third-order valence-corrected chi connectivity index (χ3v) is 6.92. The molecule has 42 heavy (non-hydrogen) atoms. The number of anilines is 1. The van der Waals surface area contributed by atoms with Gasteiger partial charge in [0.15, 0.2) is 6.04 Å². The first-order valence-corrected chi connectivity index (χ1v) is 13.6. The zero-order valence-corrected chi connectivity index (χ0v) is 22.7. The molecule has 8 nitrogen and oxygen atoms in total. The van der Waals surface area contributed by atoms with Gasteiger partial charge in [0.1, 0.15) is 11.5 Å². The average molecular weight is 585 g/mol. The van der Waals surface area contributed by atoms with Gasteiger partial charge in [-0.1, -0.05) is 49.6 Å². The van der Waals surface area contributed by atoms with Crippen LogP contribution in [-0.4, -0.2) is 35.9 Å². The number of benzene rings is 3. The molecular weight excluding hydrogens is 553 g/mol. The van der Waals surface area contributed by atoms with Gasteiger partial charge in [-0.05, 0) is 72.4 Å². The van der Waals surface area contributed by atoms with E-state index in [1.54, 1.807) is 24.3 Å². The Balaban J connectivity index is 1.53. The Morgan fingerprint density at radius 3 is 2.21 bits per heavy atom. The van der Waals surface area contributed by atoms with E-state index in [1.807, 2.05) is 12.1 Å². The molecule has 0 bridgehead atoms. The average Bonchev–Trinajstić information content (AvgIpc) is 2.96. The molecule has 1 aliphatic rings. The highest BCUT2D eigenvalue weighted by Gasteiger charge is 2.31. The zero-order valence-electron chi connectivity index (χ0n) is 22.7. The quantitative estimate of drug-likeness (QED) is 0.172. The lowest BCUT2D eigenvalue weighted by molar-refractivity contribution is -0.274. The number of amides is 1. The molecule has 4 rings (SSSR count). The molecule has 1 saturated carbocycles. The summed E-state index contributed by atoms with van der Waals surface area (Å²) in [5.41, 5.74) is 2.04. The van der Waals surface area contributed by atoms with Crippen molar-refractivity contribution in [3.05, 3.63) is 89.5 Å². The molecule has 0 aromatic heterocycles. The van der Waals surface area contributed by atoms with E-state index in [-0.39, 0.29) is 18.5 Å². The summed E-state index contributed by atoms with van der Waals surface area (Å²) < 4.78 is 47.6. The predicted molar refractivity (Wildman–Crippen MR) is 148 cm³/mol. The molecule has 11 heteroatoms. The SMILES string of the molecule is O=C(O)CCNC(=O)c1cccc(NC(C(=O)Oc2ccc(C3CCCCC3)cc2)c2ccc(OC(F)(F)F)cc2)c1. The summed E-state index contributed by atoms with van der Waals surface area (Å²) >= 11 is 0. The van der Waals surface area contributed by atoms with Crippen LogP contribution in [0, 0.1) is 0 Å². The number of rotatable bonds is 11. The lowest BCUT2D eigenvalue weighted by atomic mass is 9.84. The van der Waals surface area contributed by atoms with E-state index in [9.17, 15) is 27.6 Å². The van der Waals surface area contributed by atoms with Crippen LogP contribution in [0.4, 0.5) is 18.9 Å². The first-order valence-electron chi connectivity index (χ1n) is 13.6. The highest BCUT2D eigenvalue weighted by atomic mass is 19.4. The first-order chi connectivity index (χ1) is 20.1. The molecule has 0 radical (unpaired) electrons. The Bertz CT molecular complexity index is 1370. The number of aliphatic carboxylic acids is 1. The maximum Gasteiger partial charge on any atom is 0.573 e. The van der Waals surface area contributed by atoms with Gasteiger partial charge >= 0.3 is 18.3 Å². The Kier molecular flexibility index (Phi) is 10.1. The minimum Gasteiger partial charge on any atom is -0.481 e. The third-order valence-electron chi connectivity index (χ3n) is 6.92. The number of ether oxygens (including phenoxy) is 2. The molecule has 0 heterocycles. The molecule has 1 atom stereocenters. The number of carbonyl (C=O) groups is 3. The van der Waals surface area contributed by atoms with Crippen molar-refractivity contribution in [2.45, 2.75) is 56.8 Å². The van der Waals surface area contributed by atoms with E-state index in [0.717, 1.165) is 25.0 Å². The Morgan fingerprint density at radius 2 is 1.57 bits per heavy atom. The molecule has 1 fully saturated rings. The number of carboxylic acids is 1. The highest BCUT2D eigenvalue weighted by Crippen LogP contribution is 2.34. The van der Waals surface area contributed by atoms with Gasteiger partial charge in [-0.2, -0.15) is 0 Å². The van der Waals surface area contributed by atoms with Crippen molar-refractivity contribution in [1.29, 1.82) is 0 Å². The van der Waals surface area contributed by atoms with Crippen LogP contribution in [0.15, 0.2) is 72.8 Å². The van der Waals surface area contributed by atoms with Crippen molar-refractivity contribution in [1.82, 2.24) is 5.32 Å². The molecular formula is C31H31F3N2O6. The topological polar surface area (TPSA) is 114 Å². The minimum absolute atomic E-state index is 0.0628. The maximum atomic E-state index is 13.4. The van der Waals surface area contributed by atoms with Crippen LogP contribution in [0.25, 0.3) is 0 Å². The summed E-state index contributed by atoms with van der Waals surface area (Å²) in [7, 11) is 0. The molecule has 3 aromatic carbocycles. The molecule has 3 N–H and O–H groups in total. The number of hydrogen-bond donors (Lipinski definition) is 3. The van der Waals surface area contributed by atoms with Crippen LogP contribution < -0.4 is 20.1 Å². The van der Waals surface area contributed by atoms with Crippen LogP contribution in [0.1, 0.15) is 72.0 Å². The van der Waals surface area contributed by atoms with Gasteiger partial charge < -0.3 is 25.2 Å². The largest absolute Gasteiger partial charge is 0.573 e. The third kappa shape index (κ3) is 8.98. The van der Waals surface area contributed by atoms with Gasteiger partial charge in [-0.15, -0.1) is 13.2 Å². The fourth-order valence-corrected chi connectivity index (χ4v) is 4.86. The standard InChI is InChI=1S/C31H31F3N2O6/c32-31(33,34)42-26-15-11-22(12-16-26)28(36-24-8-4-7-23(19-24)29(39)35-18-17-27(37)38)30(40)41-25-13-9-21(10-14-25)20-5-2-1-3-6-20/h4,7-16,19-20,28,36H,1-3,5-6,17-18H2,(H,35,39)(H,37,38). The zero-order chi connectivity index (χ0) is 30.1. The number of carboxylic acid groups (broad SMARTS) is 1. The van der Waals surface area contributed by atoms with Crippen LogP contribution in [0.3, 0.4) is 0 Å². The molecule has 1 amide bonds. The highest BCUT2D eigenvalue weighted by molar-refractivity contribution is 5.95. The van der Waals surface area contributed by atoms with Crippen molar-refractivity contribution in [2.24, 2.45) is 0 Å². The minimum atomic E-state index is -4.87. The number of hydrogen-bond acceptors (Lipinski definition) is 6. The summed E-state index contributed by atoms with van der Waals surface area (Å²) in [6, 6.07) is 17.1. The van der Waals surface area contributed by atoms with Gasteiger partial charge in [0.25, 0.3) is 5.91 Å². The summed E-state index contributed by atoms with van der Waals surface area (Å²) in [5.74, 6) is -1.94. The summed E-state index contributed by atoms with van der Waals surface area (Å²) in [6.45, 7) is -0.0628. The number of halogens is 3. The summed E-state index contributed by atoms with van der Waals surface area (Å²) in [4.78, 5) is 36.6. The van der Waals surface area contributed by atoms with Crippen molar-refractivity contribution in [3.8, 4) is 11.5 Å². The fourth-order valence-electron chi connectivity index (χ4n) is 4.86. The fraction of sp³-hybridized carbons (Fsp3) is 0.323. The molecule has 0 aliphatic heterocycles. The lowest BCUT2D eigenvalue weighted by Crippen LogP contribution is -2.27. The van der Waals surface area contributed by atoms with Crippen LogP contribution >= 0.6 is 0 Å². The summed E-state index contributed by atoms with van der Waals surface area (Å²) in [5, 5.41) is 14.3. The molecule has 3 aromatic rings. The summed E-state index contributed by atoms with van der Waals surface area (Å²) in [6.07, 6.45) is 0.744. The monoisotopic (exact) mass is 584 g/mol. The predicted octanol–water partition coefficient (Wildman–Crippen LogP) is 6.60. The van der Waals surface area contributed by atoms with Crippen LogP contribution in [0.5, 0.6) is 11.5 Å². The van der Waals surface area contributed by atoms with Gasteiger partial charge in [-0.25, -0.2) is 4.79 Å². The van der Waals surface area contributed by atoms with Crippen molar-refractivity contribution >= 4 is 23.5 Å². The van der Waals surface area contributed by atoms with Gasteiger partial charge in [0.2, 0.25) is 0 Å². The number of nitrogens with one attached hydrogen (secondary N) is 2. The molecule has 1 aliphatic carbocycles. The molecule has 222 valence electrons. The van der Waals surface area contributed by atoms with E-state index in [0.29, 0.717) is 22.9 Å². The molecule has 1 unspecified atom stereocenters.